The monoisotopic (exact) mass is 475 g/mol. The van der Waals surface area contributed by atoms with Crippen molar-refractivity contribution in [2.24, 2.45) is 0 Å². The Morgan fingerprint density at radius 2 is 1.89 bits per heavy atom. The van der Waals surface area contributed by atoms with Crippen molar-refractivity contribution in [3.05, 3.63) is 65.9 Å². The van der Waals surface area contributed by atoms with Crippen molar-refractivity contribution in [2.45, 2.75) is 25.4 Å². The first-order valence-electron chi connectivity index (χ1n) is 12.2. The first-order valence-corrected chi connectivity index (χ1v) is 12.2. The number of hydrogen-bond acceptors (Lipinski definition) is 5. The van der Waals surface area contributed by atoms with Crippen molar-refractivity contribution in [3.8, 4) is 5.75 Å². The summed E-state index contributed by atoms with van der Waals surface area (Å²) < 4.78 is 5.38. The number of nitrogens with zero attached hydrogens (tertiary/aromatic N) is 4. The van der Waals surface area contributed by atoms with Crippen molar-refractivity contribution in [1.29, 1.82) is 0 Å². The van der Waals surface area contributed by atoms with Gasteiger partial charge in [-0.3, -0.25) is 9.69 Å². The maximum atomic E-state index is 13.2. The van der Waals surface area contributed by atoms with Crippen LogP contribution in [0.3, 0.4) is 0 Å². The Morgan fingerprint density at radius 1 is 1.09 bits per heavy atom. The third-order valence-corrected chi connectivity index (χ3v) is 7.10. The quantitative estimate of drug-likeness (QED) is 0.719. The van der Waals surface area contributed by atoms with E-state index in [1.807, 2.05) is 46.2 Å². The van der Waals surface area contributed by atoms with Gasteiger partial charge in [0.15, 0.2) is 0 Å². The highest BCUT2D eigenvalue weighted by molar-refractivity contribution is 5.92. The number of amides is 3. The van der Waals surface area contributed by atoms with Crippen molar-refractivity contribution in [3.63, 3.8) is 0 Å². The Balaban J connectivity index is 1.18. The lowest BCUT2D eigenvalue weighted by atomic mass is 10.0. The molecule has 8 nitrogen and oxygen atoms in total. The number of carbonyl (C=O) groups is 2. The molecule has 2 aromatic carbocycles. The van der Waals surface area contributed by atoms with Gasteiger partial charge >= 0.3 is 6.03 Å². The molecule has 0 radical (unpaired) electrons. The number of carbonyl (C=O) groups excluding carboxylic acids is 2. The second-order valence-electron chi connectivity index (χ2n) is 9.62. The summed E-state index contributed by atoms with van der Waals surface area (Å²) in [5, 5.41) is 3.01. The van der Waals surface area contributed by atoms with Crippen molar-refractivity contribution < 1.29 is 14.3 Å². The summed E-state index contributed by atoms with van der Waals surface area (Å²) in [5.74, 6) is 0.960. The molecule has 3 amide bonds. The van der Waals surface area contributed by atoms with Crippen LogP contribution in [0.2, 0.25) is 0 Å². The largest absolute Gasteiger partial charge is 0.497 e. The SMILES string of the molecule is COc1cccc(C2=CN(CC(=O)N3CCC(N4Cc5ccccc5NC4=O)CC3)CN(C)C2)c1. The normalized spacial score (nSPS) is 19.2. The number of piperidine rings is 1. The van der Waals surface area contributed by atoms with Gasteiger partial charge in [-0.1, -0.05) is 30.3 Å². The predicted molar refractivity (Wildman–Crippen MR) is 136 cm³/mol. The molecule has 35 heavy (non-hydrogen) atoms. The molecule has 0 aromatic heterocycles. The predicted octanol–water partition coefficient (Wildman–Crippen LogP) is 3.28. The summed E-state index contributed by atoms with van der Waals surface area (Å²) in [6.07, 6.45) is 3.70. The van der Waals surface area contributed by atoms with E-state index in [-0.39, 0.29) is 18.0 Å². The van der Waals surface area contributed by atoms with E-state index in [9.17, 15) is 9.59 Å². The van der Waals surface area contributed by atoms with Crippen LogP contribution in [-0.4, -0.2) is 84.6 Å². The minimum Gasteiger partial charge on any atom is -0.497 e. The number of para-hydroxylation sites is 1. The van der Waals surface area contributed by atoms with Crippen molar-refractivity contribution in [1.82, 2.24) is 19.6 Å². The zero-order valence-electron chi connectivity index (χ0n) is 20.4. The molecule has 1 fully saturated rings. The average Bonchev–Trinajstić information content (AvgIpc) is 2.88. The number of ether oxygens (including phenoxy) is 1. The first kappa shape index (κ1) is 23.2. The lowest BCUT2D eigenvalue weighted by Crippen LogP contribution is -2.52. The van der Waals surface area contributed by atoms with Crippen molar-refractivity contribution in [2.75, 3.05) is 52.3 Å². The number of fused-ring (bicyclic) bond motifs is 1. The van der Waals surface area contributed by atoms with E-state index < -0.39 is 0 Å². The molecular weight excluding hydrogens is 442 g/mol. The van der Waals surface area contributed by atoms with Crippen LogP contribution in [0.25, 0.3) is 5.57 Å². The summed E-state index contributed by atoms with van der Waals surface area (Å²) in [6, 6.07) is 16.1. The molecule has 5 rings (SSSR count). The summed E-state index contributed by atoms with van der Waals surface area (Å²) >= 11 is 0. The third kappa shape index (κ3) is 5.12. The highest BCUT2D eigenvalue weighted by Crippen LogP contribution is 2.28. The van der Waals surface area contributed by atoms with Crippen molar-refractivity contribution >= 4 is 23.2 Å². The Bertz CT molecular complexity index is 1130. The Kier molecular flexibility index (Phi) is 6.63. The van der Waals surface area contributed by atoms with E-state index in [1.54, 1.807) is 7.11 Å². The van der Waals surface area contributed by atoms with Crippen LogP contribution in [-0.2, 0) is 11.3 Å². The van der Waals surface area contributed by atoms with E-state index in [4.69, 9.17) is 4.74 Å². The summed E-state index contributed by atoms with van der Waals surface area (Å²) in [7, 11) is 3.74. The number of methoxy groups -OCH3 is 1. The molecule has 0 spiro atoms. The van der Waals surface area contributed by atoms with Gasteiger partial charge in [-0.25, -0.2) is 4.79 Å². The second-order valence-corrected chi connectivity index (χ2v) is 9.62. The summed E-state index contributed by atoms with van der Waals surface area (Å²) in [4.78, 5) is 34.0. The van der Waals surface area contributed by atoms with Crippen LogP contribution >= 0.6 is 0 Å². The van der Waals surface area contributed by atoms with Crippen LogP contribution in [0.4, 0.5) is 10.5 Å². The van der Waals surface area contributed by atoms with Crippen LogP contribution < -0.4 is 10.1 Å². The number of hydrogen-bond donors (Lipinski definition) is 1. The molecule has 0 saturated carbocycles. The number of likely N-dealkylation sites (tertiary alicyclic amines) is 1. The maximum Gasteiger partial charge on any atom is 0.322 e. The maximum absolute atomic E-state index is 13.2. The second kappa shape index (κ2) is 10.00. The van der Waals surface area contributed by atoms with E-state index in [0.717, 1.165) is 42.0 Å². The third-order valence-electron chi connectivity index (χ3n) is 7.10. The number of benzene rings is 2. The van der Waals surface area contributed by atoms with Gasteiger partial charge in [0.1, 0.15) is 5.75 Å². The molecule has 0 atom stereocenters. The minimum absolute atomic E-state index is 0.0416. The molecule has 8 heteroatoms. The fraction of sp³-hybridized carbons (Fsp3) is 0.407. The average molecular weight is 476 g/mol. The van der Waals surface area contributed by atoms with E-state index in [0.29, 0.717) is 32.8 Å². The molecule has 184 valence electrons. The van der Waals surface area contributed by atoms with Gasteiger partial charge in [-0.05, 0) is 54.8 Å². The molecule has 0 bridgehead atoms. The fourth-order valence-corrected chi connectivity index (χ4v) is 5.26. The van der Waals surface area contributed by atoms with Gasteiger partial charge in [0, 0.05) is 44.1 Å². The fourth-order valence-electron chi connectivity index (χ4n) is 5.26. The topological polar surface area (TPSA) is 68.4 Å². The van der Waals surface area contributed by atoms with Gasteiger partial charge in [0.05, 0.1) is 20.3 Å². The van der Waals surface area contributed by atoms with Gasteiger partial charge in [0.2, 0.25) is 5.91 Å². The van der Waals surface area contributed by atoms with Crippen LogP contribution in [0.1, 0.15) is 24.0 Å². The van der Waals surface area contributed by atoms with E-state index in [1.165, 1.54) is 5.57 Å². The highest BCUT2D eigenvalue weighted by atomic mass is 16.5. The Morgan fingerprint density at radius 3 is 2.69 bits per heavy atom. The number of urea groups is 1. The zero-order chi connectivity index (χ0) is 24.4. The van der Waals surface area contributed by atoms with E-state index in [2.05, 4.69) is 40.5 Å². The van der Waals surface area contributed by atoms with E-state index >= 15 is 0 Å². The summed E-state index contributed by atoms with van der Waals surface area (Å²) in [6.45, 7) is 3.85. The molecule has 3 aliphatic heterocycles. The van der Waals surface area contributed by atoms with Crippen LogP contribution in [0.15, 0.2) is 54.7 Å². The Labute approximate surface area is 206 Å². The molecule has 0 unspecified atom stereocenters. The number of nitrogens with one attached hydrogen (secondary N) is 1. The van der Waals surface area contributed by atoms with Gasteiger partial charge in [0.25, 0.3) is 0 Å². The molecule has 3 aliphatic rings. The molecule has 1 N–H and O–H groups in total. The molecule has 1 saturated heterocycles. The molecule has 0 aliphatic carbocycles. The molecule has 3 heterocycles. The number of likely N-dealkylation sites (N-methyl/N-ethyl adjacent to an activating group) is 1. The number of anilines is 1. The van der Waals surface area contributed by atoms with Crippen LogP contribution in [0, 0.1) is 0 Å². The standard InChI is InChI=1S/C27H33N5O3/c1-29-15-22(20-7-5-8-24(14-20)35-2)16-30(19-29)18-26(33)31-12-10-23(11-13-31)32-17-21-6-3-4-9-25(21)28-27(32)34/h3-9,14,16,23H,10-13,15,17-19H2,1-2H3,(H,28,34). The first-order chi connectivity index (χ1) is 17.0. The lowest BCUT2D eigenvalue weighted by molar-refractivity contribution is -0.133. The van der Waals surface area contributed by atoms with Gasteiger partial charge in [-0.15, -0.1) is 0 Å². The van der Waals surface area contributed by atoms with Gasteiger partial charge in [-0.2, -0.15) is 0 Å². The molecular formula is C27H33N5O3. The summed E-state index contributed by atoms with van der Waals surface area (Å²) in [5.41, 5.74) is 4.31. The smallest absolute Gasteiger partial charge is 0.322 e. The van der Waals surface area contributed by atoms with Crippen LogP contribution in [0.5, 0.6) is 5.75 Å². The van der Waals surface area contributed by atoms with Gasteiger partial charge < -0.3 is 24.8 Å². The number of rotatable bonds is 5. The Hall–Kier alpha value is -3.52. The lowest BCUT2D eigenvalue weighted by Gasteiger charge is -2.41. The molecule has 2 aromatic rings. The minimum atomic E-state index is -0.0416. The zero-order valence-corrected chi connectivity index (χ0v) is 20.4. The highest BCUT2D eigenvalue weighted by Gasteiger charge is 2.33.